The van der Waals surface area contributed by atoms with Gasteiger partial charge in [0, 0.05) is 43.6 Å². The number of rotatable bonds is 5. The third-order valence-corrected chi connectivity index (χ3v) is 5.97. The molecular formula is C22H27N5O. The Morgan fingerprint density at radius 1 is 1.29 bits per heavy atom. The van der Waals surface area contributed by atoms with Crippen molar-refractivity contribution in [1.82, 2.24) is 24.4 Å². The summed E-state index contributed by atoms with van der Waals surface area (Å²) in [6.45, 7) is 4.10. The number of amides is 1. The highest BCUT2D eigenvalue weighted by molar-refractivity contribution is 5.96. The topological polar surface area (TPSA) is 63.9 Å². The van der Waals surface area contributed by atoms with E-state index in [0.717, 1.165) is 28.8 Å². The molecule has 1 amide bonds. The van der Waals surface area contributed by atoms with Crippen LogP contribution in [0, 0.1) is 6.92 Å². The summed E-state index contributed by atoms with van der Waals surface area (Å²) in [6.07, 6.45) is 11.0. The first-order chi connectivity index (χ1) is 13.5. The molecule has 0 bridgehead atoms. The van der Waals surface area contributed by atoms with Crippen molar-refractivity contribution in [2.75, 3.05) is 7.05 Å². The first kappa shape index (κ1) is 18.6. The van der Waals surface area contributed by atoms with Crippen LogP contribution in [0.5, 0.6) is 0 Å². The second kappa shape index (κ2) is 7.70. The van der Waals surface area contributed by atoms with E-state index >= 15 is 0 Å². The smallest absolute Gasteiger partial charge is 0.255 e. The minimum Gasteiger partial charge on any atom is -0.339 e. The van der Waals surface area contributed by atoms with Crippen LogP contribution in [-0.2, 0) is 6.42 Å². The Balaban J connectivity index is 1.52. The quantitative estimate of drug-likeness (QED) is 0.675. The molecule has 6 nitrogen and oxygen atoms in total. The van der Waals surface area contributed by atoms with Crippen LogP contribution < -0.4 is 0 Å². The van der Waals surface area contributed by atoms with Crippen molar-refractivity contribution < 1.29 is 4.79 Å². The van der Waals surface area contributed by atoms with Gasteiger partial charge in [-0.3, -0.25) is 9.78 Å². The molecule has 1 fully saturated rings. The maximum atomic E-state index is 13.0. The standard InChI is InChI=1S/C22H27N5O/c1-15-7-6-10-23-19(15)11-16(2)26(3)22(28)17-12-20-21(24-13-17)27(14-25-20)18-8-4-5-9-18/h6-7,10,12-14,16,18H,4-5,8-9,11H2,1-3H3. The average molecular weight is 377 g/mol. The number of aryl methyl sites for hydroxylation is 1. The van der Waals surface area contributed by atoms with E-state index in [2.05, 4.69) is 32.5 Å². The summed E-state index contributed by atoms with van der Waals surface area (Å²) in [4.78, 5) is 28.3. The van der Waals surface area contributed by atoms with E-state index in [0.29, 0.717) is 11.6 Å². The third kappa shape index (κ3) is 3.51. The average Bonchev–Trinajstić information content (AvgIpc) is 3.37. The predicted molar refractivity (Wildman–Crippen MR) is 109 cm³/mol. The molecule has 1 atom stereocenters. The Bertz CT molecular complexity index is 990. The van der Waals surface area contributed by atoms with E-state index in [9.17, 15) is 4.79 Å². The number of pyridine rings is 2. The fourth-order valence-corrected chi connectivity index (χ4v) is 4.04. The number of hydrogen-bond donors (Lipinski definition) is 0. The summed E-state index contributed by atoms with van der Waals surface area (Å²) in [5.74, 6) is -0.0362. The molecule has 6 heteroatoms. The molecule has 0 N–H and O–H groups in total. The van der Waals surface area contributed by atoms with Gasteiger partial charge in [0.15, 0.2) is 5.65 Å². The number of nitrogens with zero attached hydrogens (tertiary/aromatic N) is 5. The van der Waals surface area contributed by atoms with Crippen LogP contribution in [0.2, 0.25) is 0 Å². The number of likely N-dealkylation sites (N-methyl/N-ethyl adjacent to an activating group) is 1. The Labute approximate surface area is 165 Å². The Hall–Kier alpha value is -2.76. The molecule has 0 radical (unpaired) electrons. The number of hydrogen-bond acceptors (Lipinski definition) is 4. The van der Waals surface area contributed by atoms with Gasteiger partial charge >= 0.3 is 0 Å². The first-order valence-corrected chi connectivity index (χ1v) is 10.0. The molecule has 3 heterocycles. The van der Waals surface area contributed by atoms with E-state index in [1.165, 1.54) is 25.7 Å². The van der Waals surface area contributed by atoms with Crippen LogP contribution in [-0.4, -0.2) is 43.4 Å². The highest BCUT2D eigenvalue weighted by atomic mass is 16.2. The maximum Gasteiger partial charge on any atom is 0.255 e. The van der Waals surface area contributed by atoms with E-state index in [1.807, 2.05) is 32.4 Å². The van der Waals surface area contributed by atoms with Gasteiger partial charge in [-0.25, -0.2) is 9.97 Å². The van der Waals surface area contributed by atoms with Gasteiger partial charge in [-0.1, -0.05) is 18.9 Å². The zero-order valence-corrected chi connectivity index (χ0v) is 16.8. The van der Waals surface area contributed by atoms with Gasteiger partial charge in [0.2, 0.25) is 0 Å². The molecular weight excluding hydrogens is 350 g/mol. The van der Waals surface area contributed by atoms with Crippen LogP contribution in [0.1, 0.15) is 60.3 Å². The third-order valence-electron chi connectivity index (χ3n) is 5.97. The number of carbonyl (C=O) groups is 1. The fraction of sp³-hybridized carbons (Fsp3) is 0.455. The van der Waals surface area contributed by atoms with Gasteiger partial charge in [0.25, 0.3) is 5.91 Å². The van der Waals surface area contributed by atoms with Crippen LogP contribution >= 0.6 is 0 Å². The lowest BCUT2D eigenvalue weighted by atomic mass is 10.1. The fourth-order valence-electron chi connectivity index (χ4n) is 4.04. The number of aromatic nitrogens is 4. The number of imidazole rings is 1. The molecule has 146 valence electrons. The van der Waals surface area contributed by atoms with Crippen molar-refractivity contribution in [3.8, 4) is 0 Å². The summed E-state index contributed by atoms with van der Waals surface area (Å²) < 4.78 is 2.17. The molecule has 1 unspecified atom stereocenters. The molecule has 0 aromatic carbocycles. The molecule has 0 saturated heterocycles. The van der Waals surface area contributed by atoms with Crippen LogP contribution in [0.25, 0.3) is 11.2 Å². The largest absolute Gasteiger partial charge is 0.339 e. The minimum atomic E-state index is -0.0362. The second-order valence-electron chi connectivity index (χ2n) is 7.89. The summed E-state index contributed by atoms with van der Waals surface area (Å²) >= 11 is 0. The van der Waals surface area contributed by atoms with Gasteiger partial charge in [0.05, 0.1) is 11.9 Å². The van der Waals surface area contributed by atoms with E-state index in [-0.39, 0.29) is 11.9 Å². The maximum absolute atomic E-state index is 13.0. The number of fused-ring (bicyclic) bond motifs is 1. The molecule has 3 aromatic rings. The monoisotopic (exact) mass is 377 g/mol. The van der Waals surface area contributed by atoms with E-state index in [4.69, 9.17) is 0 Å². The lowest BCUT2D eigenvalue weighted by Crippen LogP contribution is -2.36. The lowest BCUT2D eigenvalue weighted by molar-refractivity contribution is 0.0742. The number of carbonyl (C=O) groups excluding carboxylic acids is 1. The van der Waals surface area contributed by atoms with Gasteiger partial charge < -0.3 is 9.47 Å². The van der Waals surface area contributed by atoms with E-state index < -0.39 is 0 Å². The van der Waals surface area contributed by atoms with Crippen molar-refractivity contribution in [3.63, 3.8) is 0 Å². The van der Waals surface area contributed by atoms with Crippen LogP contribution in [0.4, 0.5) is 0 Å². The highest BCUT2D eigenvalue weighted by Crippen LogP contribution is 2.31. The zero-order chi connectivity index (χ0) is 19.7. The van der Waals surface area contributed by atoms with E-state index in [1.54, 1.807) is 17.3 Å². The molecule has 1 saturated carbocycles. The van der Waals surface area contributed by atoms with Crippen molar-refractivity contribution in [1.29, 1.82) is 0 Å². The van der Waals surface area contributed by atoms with Crippen molar-refractivity contribution in [2.24, 2.45) is 0 Å². The van der Waals surface area contributed by atoms with Gasteiger partial charge in [0.1, 0.15) is 5.52 Å². The molecule has 4 rings (SSSR count). The molecule has 1 aliphatic rings. The summed E-state index contributed by atoms with van der Waals surface area (Å²) in [7, 11) is 1.84. The minimum absolute atomic E-state index is 0.0350. The molecule has 0 aliphatic heterocycles. The Kier molecular flexibility index (Phi) is 5.11. The van der Waals surface area contributed by atoms with Crippen LogP contribution in [0.3, 0.4) is 0 Å². The summed E-state index contributed by atoms with van der Waals surface area (Å²) in [5, 5.41) is 0. The van der Waals surface area contributed by atoms with Gasteiger partial charge in [-0.15, -0.1) is 0 Å². The summed E-state index contributed by atoms with van der Waals surface area (Å²) in [5.41, 5.74) is 4.42. The Morgan fingerprint density at radius 2 is 2.07 bits per heavy atom. The highest BCUT2D eigenvalue weighted by Gasteiger charge is 2.22. The predicted octanol–water partition coefficient (Wildman–Crippen LogP) is 3.95. The molecule has 0 spiro atoms. The van der Waals surface area contributed by atoms with Crippen molar-refractivity contribution in [2.45, 2.75) is 58.0 Å². The normalized spacial score (nSPS) is 15.8. The zero-order valence-electron chi connectivity index (χ0n) is 16.8. The first-order valence-electron chi connectivity index (χ1n) is 10.0. The van der Waals surface area contributed by atoms with Crippen molar-refractivity contribution >= 4 is 17.1 Å². The summed E-state index contributed by atoms with van der Waals surface area (Å²) in [6, 6.07) is 6.38. The molecule has 28 heavy (non-hydrogen) atoms. The Morgan fingerprint density at radius 3 is 2.82 bits per heavy atom. The van der Waals surface area contributed by atoms with Gasteiger partial charge in [-0.2, -0.15) is 0 Å². The van der Waals surface area contributed by atoms with Crippen molar-refractivity contribution in [3.05, 3.63) is 53.7 Å². The SMILES string of the molecule is Cc1cccnc1CC(C)N(C)C(=O)c1cnc2c(c1)ncn2C1CCCC1. The van der Waals surface area contributed by atoms with Crippen LogP contribution in [0.15, 0.2) is 36.9 Å². The lowest BCUT2D eigenvalue weighted by Gasteiger charge is -2.25. The van der Waals surface area contributed by atoms with Gasteiger partial charge in [-0.05, 0) is 44.4 Å². The molecule has 1 aliphatic carbocycles. The second-order valence-corrected chi connectivity index (χ2v) is 7.89. The molecule has 3 aromatic heterocycles.